The highest BCUT2D eigenvalue weighted by Crippen LogP contribution is 2.50. The number of ether oxygens (including phenoxy) is 2. The molecule has 0 amide bonds. The molecule has 0 saturated heterocycles. The molecule has 0 aliphatic heterocycles. The minimum Gasteiger partial charge on any atom is -0.453 e. The van der Waals surface area contributed by atoms with Gasteiger partial charge in [-0.25, -0.2) is 0 Å². The van der Waals surface area contributed by atoms with Gasteiger partial charge >= 0.3 is 0 Å². The lowest BCUT2D eigenvalue weighted by Gasteiger charge is -2.30. The van der Waals surface area contributed by atoms with Crippen molar-refractivity contribution in [1.82, 2.24) is 0 Å². The number of nitrogen functional groups attached to an aromatic ring is 3. The van der Waals surface area contributed by atoms with Crippen molar-refractivity contribution >= 4 is 17.1 Å². The lowest BCUT2D eigenvalue weighted by molar-refractivity contribution is 0.408. The van der Waals surface area contributed by atoms with Crippen LogP contribution < -0.4 is 26.7 Å². The maximum absolute atomic E-state index is 6.66. The van der Waals surface area contributed by atoms with Crippen LogP contribution in [0.15, 0.2) is 115 Å². The lowest BCUT2D eigenvalue weighted by Crippen LogP contribution is -2.20. The van der Waals surface area contributed by atoms with Crippen LogP contribution in [0.4, 0.5) is 17.1 Å². The summed E-state index contributed by atoms with van der Waals surface area (Å²) < 4.78 is 13.3. The summed E-state index contributed by atoms with van der Waals surface area (Å²) in [6, 6.07) is 37.0. The summed E-state index contributed by atoms with van der Waals surface area (Å²) in [6.07, 6.45) is 0. The van der Waals surface area contributed by atoms with E-state index in [0.29, 0.717) is 40.1 Å². The molecule has 0 radical (unpaired) electrons. The number of nitrogens with two attached hydrogens (primary N) is 3. The van der Waals surface area contributed by atoms with Crippen molar-refractivity contribution < 1.29 is 9.47 Å². The van der Waals surface area contributed by atoms with Gasteiger partial charge in [0.05, 0.1) is 0 Å². The van der Waals surface area contributed by atoms with E-state index in [2.05, 4.69) is 38.1 Å². The van der Waals surface area contributed by atoms with Crippen molar-refractivity contribution in [2.75, 3.05) is 17.2 Å². The van der Waals surface area contributed by atoms with Gasteiger partial charge in [0.1, 0.15) is 11.5 Å². The van der Waals surface area contributed by atoms with Crippen LogP contribution in [0, 0.1) is 0 Å². The molecule has 0 bridgehead atoms. The molecule has 0 spiro atoms. The second kappa shape index (κ2) is 10.2. The quantitative estimate of drug-likeness (QED) is 0.196. The van der Waals surface area contributed by atoms with Gasteiger partial charge in [-0.05, 0) is 47.5 Å². The van der Waals surface area contributed by atoms with Gasteiger partial charge in [0, 0.05) is 45.7 Å². The van der Waals surface area contributed by atoms with E-state index in [4.69, 9.17) is 26.7 Å². The Labute approximate surface area is 223 Å². The highest BCUT2D eigenvalue weighted by molar-refractivity contribution is 5.77. The number of hydrogen-bond donors (Lipinski definition) is 3. The van der Waals surface area contributed by atoms with Gasteiger partial charge in [0.15, 0.2) is 11.5 Å². The first-order chi connectivity index (χ1) is 18.3. The zero-order valence-corrected chi connectivity index (χ0v) is 21.5. The van der Waals surface area contributed by atoms with Crippen molar-refractivity contribution in [2.24, 2.45) is 0 Å². The molecule has 5 rings (SSSR count). The summed E-state index contributed by atoms with van der Waals surface area (Å²) in [4.78, 5) is 0. The smallest absolute Gasteiger partial charge is 0.178 e. The Morgan fingerprint density at radius 3 is 1.68 bits per heavy atom. The number of hydrogen-bond acceptors (Lipinski definition) is 5. The van der Waals surface area contributed by atoms with Crippen LogP contribution in [0.1, 0.15) is 25.0 Å². The molecule has 190 valence electrons. The van der Waals surface area contributed by atoms with E-state index in [-0.39, 0.29) is 0 Å². The first-order valence-corrected chi connectivity index (χ1v) is 12.5. The Kier molecular flexibility index (Phi) is 6.67. The van der Waals surface area contributed by atoms with E-state index in [1.54, 1.807) is 12.1 Å². The maximum atomic E-state index is 6.66. The molecule has 0 fully saturated rings. The van der Waals surface area contributed by atoms with Gasteiger partial charge in [-0.1, -0.05) is 80.6 Å². The monoisotopic (exact) mass is 501 g/mol. The van der Waals surface area contributed by atoms with Crippen LogP contribution in [-0.2, 0) is 5.41 Å². The Hall–Kier alpha value is -4.90. The minimum atomic E-state index is -0.452. The Morgan fingerprint density at radius 2 is 1.11 bits per heavy atom. The fourth-order valence-electron chi connectivity index (χ4n) is 4.55. The zero-order chi connectivity index (χ0) is 26.7. The molecule has 5 nitrogen and oxygen atoms in total. The van der Waals surface area contributed by atoms with E-state index in [1.165, 1.54) is 0 Å². The molecular weight excluding hydrogens is 470 g/mol. The molecule has 0 aromatic heterocycles. The molecule has 0 unspecified atom stereocenters. The average Bonchev–Trinajstić information content (AvgIpc) is 2.90. The molecule has 5 aromatic carbocycles. The largest absolute Gasteiger partial charge is 0.453 e. The van der Waals surface area contributed by atoms with Crippen LogP contribution >= 0.6 is 0 Å². The predicted octanol–water partition coefficient (Wildman–Crippen LogP) is 8.01. The van der Waals surface area contributed by atoms with E-state index in [0.717, 1.165) is 22.3 Å². The van der Waals surface area contributed by atoms with Gasteiger partial charge in [-0.2, -0.15) is 0 Å². The Morgan fingerprint density at radius 1 is 0.526 bits per heavy atom. The van der Waals surface area contributed by atoms with Crippen molar-refractivity contribution in [1.29, 1.82) is 0 Å². The van der Waals surface area contributed by atoms with Crippen molar-refractivity contribution in [3.05, 3.63) is 126 Å². The molecule has 5 aromatic rings. The van der Waals surface area contributed by atoms with E-state index in [9.17, 15) is 0 Å². The summed E-state index contributed by atoms with van der Waals surface area (Å²) in [5, 5.41) is 0. The molecule has 0 aliphatic carbocycles. The third-order valence-electron chi connectivity index (χ3n) is 6.66. The summed E-state index contributed by atoms with van der Waals surface area (Å²) in [6.45, 7) is 4.32. The highest BCUT2D eigenvalue weighted by atomic mass is 16.5. The fourth-order valence-corrected chi connectivity index (χ4v) is 4.55. The van der Waals surface area contributed by atoms with E-state index in [1.807, 2.05) is 78.9 Å². The average molecular weight is 502 g/mol. The molecule has 0 saturated carbocycles. The summed E-state index contributed by atoms with van der Waals surface area (Å²) in [7, 11) is 0. The molecule has 6 N–H and O–H groups in total. The standard InChI is InChI=1S/C33H31N3O2/c1-33(2,23-14-16-24(34)17-15-23)30-19-18-29(22-8-4-3-5-9-22)31(37-27-12-6-10-25(35)20-27)32(30)38-28-13-7-11-26(36)21-28/h3-21H,34-36H2,1-2H3. The van der Waals surface area contributed by atoms with Crippen molar-refractivity contribution in [2.45, 2.75) is 19.3 Å². The second-order valence-corrected chi connectivity index (χ2v) is 9.78. The molecule has 0 atom stereocenters. The molecule has 0 aliphatic rings. The molecule has 0 heterocycles. The Bertz CT molecular complexity index is 1560. The SMILES string of the molecule is CC(C)(c1ccc(N)cc1)c1ccc(-c2ccccc2)c(Oc2cccc(N)c2)c1Oc1cccc(N)c1. The summed E-state index contributed by atoms with van der Waals surface area (Å²) in [5.41, 5.74) is 23.6. The van der Waals surface area contributed by atoms with Crippen LogP contribution in [0.2, 0.25) is 0 Å². The summed E-state index contributed by atoms with van der Waals surface area (Å²) >= 11 is 0. The van der Waals surface area contributed by atoms with Crippen molar-refractivity contribution in [3.8, 4) is 34.1 Å². The van der Waals surface area contributed by atoms with Gasteiger partial charge in [0.25, 0.3) is 0 Å². The predicted molar refractivity (Wildman–Crippen MR) is 157 cm³/mol. The second-order valence-electron chi connectivity index (χ2n) is 9.78. The number of rotatable bonds is 7. The third kappa shape index (κ3) is 5.13. The minimum absolute atomic E-state index is 0.452. The first-order valence-electron chi connectivity index (χ1n) is 12.5. The van der Waals surface area contributed by atoms with Gasteiger partial charge in [-0.3, -0.25) is 0 Å². The van der Waals surface area contributed by atoms with Crippen molar-refractivity contribution in [3.63, 3.8) is 0 Å². The van der Waals surface area contributed by atoms with E-state index < -0.39 is 5.41 Å². The van der Waals surface area contributed by atoms with Gasteiger partial charge in [0.2, 0.25) is 0 Å². The zero-order valence-electron chi connectivity index (χ0n) is 21.5. The van der Waals surface area contributed by atoms with Gasteiger partial charge < -0.3 is 26.7 Å². The van der Waals surface area contributed by atoms with Crippen LogP contribution in [0.5, 0.6) is 23.0 Å². The van der Waals surface area contributed by atoms with Crippen LogP contribution in [-0.4, -0.2) is 0 Å². The Balaban J connectivity index is 1.77. The third-order valence-corrected chi connectivity index (χ3v) is 6.66. The van der Waals surface area contributed by atoms with E-state index >= 15 is 0 Å². The number of benzene rings is 5. The van der Waals surface area contributed by atoms with Gasteiger partial charge in [-0.15, -0.1) is 0 Å². The molecular formula is C33H31N3O2. The summed E-state index contributed by atoms with van der Waals surface area (Å²) in [5.74, 6) is 2.41. The topological polar surface area (TPSA) is 96.5 Å². The maximum Gasteiger partial charge on any atom is 0.178 e. The normalized spacial score (nSPS) is 11.2. The molecule has 5 heteroatoms. The first kappa shape index (κ1) is 24.8. The van der Waals surface area contributed by atoms with Crippen LogP contribution in [0.25, 0.3) is 11.1 Å². The molecule has 38 heavy (non-hydrogen) atoms. The number of anilines is 3. The fraction of sp³-hybridized carbons (Fsp3) is 0.0909. The highest BCUT2D eigenvalue weighted by Gasteiger charge is 2.31. The van der Waals surface area contributed by atoms with Crippen LogP contribution in [0.3, 0.4) is 0 Å². The lowest BCUT2D eigenvalue weighted by atomic mass is 9.77.